The number of nitrogens with one attached hydrogen (secondary N) is 2. The van der Waals surface area contributed by atoms with Crippen molar-refractivity contribution in [3.05, 3.63) is 88.2 Å². The van der Waals surface area contributed by atoms with E-state index in [9.17, 15) is 4.79 Å². The molecule has 0 radical (unpaired) electrons. The molecular formula is C20H20BrN3O. The lowest BCUT2D eigenvalue weighted by molar-refractivity contribution is 0.251. The number of aromatic nitrogens is 1. The lowest BCUT2D eigenvalue weighted by Crippen LogP contribution is -2.29. The van der Waals surface area contributed by atoms with Crippen molar-refractivity contribution in [2.45, 2.75) is 20.0 Å². The highest BCUT2D eigenvalue weighted by atomic mass is 79.9. The molecule has 25 heavy (non-hydrogen) atoms. The lowest BCUT2D eigenvalue weighted by Gasteiger charge is -2.13. The van der Waals surface area contributed by atoms with Gasteiger partial charge in [-0.25, -0.2) is 4.79 Å². The number of para-hydroxylation sites is 1. The van der Waals surface area contributed by atoms with Crippen LogP contribution in [0.5, 0.6) is 0 Å². The molecule has 2 N–H and O–H groups in total. The van der Waals surface area contributed by atoms with Gasteiger partial charge in [-0.05, 0) is 58.2 Å². The Morgan fingerprint density at radius 2 is 1.80 bits per heavy atom. The number of benzene rings is 2. The van der Waals surface area contributed by atoms with Crippen LogP contribution in [0.3, 0.4) is 0 Å². The average Bonchev–Trinajstić information content (AvgIpc) is 3.04. The summed E-state index contributed by atoms with van der Waals surface area (Å²) < 4.78 is 3.01. The Bertz CT molecular complexity index is 873. The number of nitrogens with zero attached hydrogens (tertiary/aromatic N) is 1. The number of hydrogen-bond donors (Lipinski definition) is 2. The van der Waals surface area contributed by atoms with Gasteiger partial charge in [0.2, 0.25) is 0 Å². The highest BCUT2D eigenvalue weighted by Crippen LogP contribution is 2.21. The molecule has 0 atom stereocenters. The van der Waals surface area contributed by atoms with E-state index < -0.39 is 0 Å². The van der Waals surface area contributed by atoms with E-state index in [0.717, 1.165) is 22.4 Å². The fraction of sp³-hybridized carbons (Fsp3) is 0.150. The van der Waals surface area contributed by atoms with Gasteiger partial charge >= 0.3 is 6.03 Å². The molecule has 5 heteroatoms. The van der Waals surface area contributed by atoms with Crippen molar-refractivity contribution in [1.29, 1.82) is 0 Å². The summed E-state index contributed by atoms with van der Waals surface area (Å²) in [5, 5.41) is 5.75. The number of aryl methyl sites for hydroxylation is 1. The van der Waals surface area contributed by atoms with E-state index in [-0.39, 0.29) is 6.03 Å². The number of rotatable bonds is 5. The van der Waals surface area contributed by atoms with Crippen molar-refractivity contribution in [3.63, 3.8) is 0 Å². The van der Waals surface area contributed by atoms with Gasteiger partial charge in [0.1, 0.15) is 0 Å². The Morgan fingerprint density at radius 3 is 2.60 bits per heavy atom. The molecule has 4 nitrogen and oxygen atoms in total. The fourth-order valence-electron chi connectivity index (χ4n) is 2.64. The van der Waals surface area contributed by atoms with Crippen LogP contribution in [0.4, 0.5) is 10.5 Å². The fourth-order valence-corrected chi connectivity index (χ4v) is 3.02. The minimum atomic E-state index is -0.226. The van der Waals surface area contributed by atoms with Crippen molar-refractivity contribution in [2.24, 2.45) is 0 Å². The van der Waals surface area contributed by atoms with Crippen LogP contribution in [0.1, 0.15) is 16.8 Å². The number of carbonyl (C=O) groups is 1. The van der Waals surface area contributed by atoms with Gasteiger partial charge in [-0.2, -0.15) is 0 Å². The second-order valence-corrected chi connectivity index (χ2v) is 6.70. The summed E-state index contributed by atoms with van der Waals surface area (Å²) in [5.74, 6) is 0. The van der Waals surface area contributed by atoms with Gasteiger partial charge in [0, 0.05) is 22.9 Å². The van der Waals surface area contributed by atoms with Crippen LogP contribution >= 0.6 is 15.9 Å². The maximum absolute atomic E-state index is 12.1. The van der Waals surface area contributed by atoms with E-state index >= 15 is 0 Å². The molecule has 1 heterocycles. The van der Waals surface area contributed by atoms with Gasteiger partial charge in [-0.1, -0.05) is 36.4 Å². The zero-order valence-electron chi connectivity index (χ0n) is 14.0. The second kappa shape index (κ2) is 8.03. The Labute approximate surface area is 156 Å². The molecule has 0 aliphatic rings. The maximum atomic E-state index is 12.1. The monoisotopic (exact) mass is 397 g/mol. The zero-order chi connectivity index (χ0) is 17.6. The smallest absolute Gasteiger partial charge is 0.319 e. The molecule has 3 aromatic rings. The normalized spacial score (nSPS) is 10.5. The number of halogens is 1. The van der Waals surface area contributed by atoms with Crippen molar-refractivity contribution >= 4 is 27.6 Å². The first kappa shape index (κ1) is 17.3. The highest BCUT2D eigenvalue weighted by molar-refractivity contribution is 9.10. The topological polar surface area (TPSA) is 46.1 Å². The van der Waals surface area contributed by atoms with Crippen LogP contribution in [0.15, 0.2) is 71.3 Å². The van der Waals surface area contributed by atoms with Crippen molar-refractivity contribution in [3.8, 4) is 0 Å². The Balaban J connectivity index is 1.61. The molecule has 3 rings (SSSR count). The van der Waals surface area contributed by atoms with Crippen LogP contribution < -0.4 is 10.6 Å². The van der Waals surface area contributed by atoms with Crippen LogP contribution in [-0.2, 0) is 13.1 Å². The van der Waals surface area contributed by atoms with Crippen LogP contribution in [-0.4, -0.2) is 10.6 Å². The Hall–Kier alpha value is -2.53. The zero-order valence-corrected chi connectivity index (χ0v) is 15.6. The van der Waals surface area contributed by atoms with E-state index in [4.69, 9.17) is 0 Å². The third-order valence-electron chi connectivity index (χ3n) is 4.08. The first-order valence-corrected chi connectivity index (χ1v) is 8.90. The molecule has 1 aromatic heterocycles. The highest BCUT2D eigenvalue weighted by Gasteiger charge is 2.07. The molecule has 2 amide bonds. The number of amides is 2. The third kappa shape index (κ3) is 4.51. The molecule has 0 aliphatic carbocycles. The summed E-state index contributed by atoms with van der Waals surface area (Å²) in [5.41, 5.74) is 4.35. The van der Waals surface area contributed by atoms with Gasteiger partial charge in [-0.3, -0.25) is 0 Å². The first-order chi connectivity index (χ1) is 12.1. The van der Waals surface area contributed by atoms with E-state index in [0.29, 0.717) is 6.54 Å². The molecular weight excluding hydrogens is 378 g/mol. The Morgan fingerprint density at radius 1 is 1.04 bits per heavy atom. The summed E-state index contributed by atoms with van der Waals surface area (Å²) in [6.07, 6.45) is 2.04. The predicted molar refractivity (Wildman–Crippen MR) is 105 cm³/mol. The van der Waals surface area contributed by atoms with Crippen molar-refractivity contribution < 1.29 is 4.79 Å². The molecule has 0 saturated carbocycles. The van der Waals surface area contributed by atoms with E-state index in [1.165, 1.54) is 11.1 Å². The van der Waals surface area contributed by atoms with Gasteiger partial charge in [0.15, 0.2) is 0 Å². The summed E-state index contributed by atoms with van der Waals surface area (Å²) in [6, 6.07) is 19.7. The van der Waals surface area contributed by atoms with Gasteiger partial charge < -0.3 is 15.2 Å². The third-order valence-corrected chi connectivity index (χ3v) is 4.77. The summed E-state index contributed by atoms with van der Waals surface area (Å²) in [7, 11) is 0. The van der Waals surface area contributed by atoms with Crippen LogP contribution in [0.2, 0.25) is 0 Å². The van der Waals surface area contributed by atoms with Crippen molar-refractivity contribution in [1.82, 2.24) is 9.88 Å². The molecule has 0 bridgehead atoms. The van der Waals surface area contributed by atoms with E-state index in [2.05, 4.69) is 56.3 Å². The lowest BCUT2D eigenvalue weighted by atomic mass is 10.1. The molecule has 0 saturated heterocycles. The number of anilines is 1. The minimum absolute atomic E-state index is 0.226. The van der Waals surface area contributed by atoms with Gasteiger partial charge in [-0.15, -0.1) is 0 Å². The maximum Gasteiger partial charge on any atom is 0.319 e. The molecule has 0 unspecified atom stereocenters. The summed E-state index contributed by atoms with van der Waals surface area (Å²) in [4.78, 5) is 12.1. The molecule has 2 aromatic carbocycles. The molecule has 0 fully saturated rings. The summed E-state index contributed by atoms with van der Waals surface area (Å²) in [6.45, 7) is 3.37. The SMILES string of the molecule is Cc1ccccc1Cn1cccc1CNC(=O)Nc1ccccc1Br. The van der Waals surface area contributed by atoms with E-state index in [1.807, 2.05) is 48.7 Å². The Kier molecular flexibility index (Phi) is 5.56. The number of hydrogen-bond acceptors (Lipinski definition) is 1. The van der Waals surface area contributed by atoms with Crippen LogP contribution in [0, 0.1) is 6.92 Å². The quantitative estimate of drug-likeness (QED) is 0.629. The van der Waals surface area contributed by atoms with Gasteiger partial charge in [0.25, 0.3) is 0 Å². The average molecular weight is 398 g/mol. The number of urea groups is 1. The van der Waals surface area contributed by atoms with Crippen LogP contribution in [0.25, 0.3) is 0 Å². The molecule has 0 aliphatic heterocycles. The molecule has 128 valence electrons. The standard InChI is InChI=1S/C20H20BrN3O/c1-15-7-2-3-8-16(15)14-24-12-6-9-17(24)13-22-20(25)23-19-11-5-4-10-18(19)21/h2-12H,13-14H2,1H3,(H2,22,23,25). The number of carbonyl (C=O) groups excluding carboxylic acids is 1. The molecule has 0 spiro atoms. The largest absolute Gasteiger partial charge is 0.345 e. The van der Waals surface area contributed by atoms with Crippen molar-refractivity contribution in [2.75, 3.05) is 5.32 Å². The van der Waals surface area contributed by atoms with E-state index in [1.54, 1.807) is 0 Å². The van der Waals surface area contributed by atoms with Gasteiger partial charge in [0.05, 0.1) is 12.2 Å². The summed E-state index contributed by atoms with van der Waals surface area (Å²) >= 11 is 3.42. The minimum Gasteiger partial charge on any atom is -0.345 e. The second-order valence-electron chi connectivity index (χ2n) is 5.84. The first-order valence-electron chi connectivity index (χ1n) is 8.11. The predicted octanol–water partition coefficient (Wildman–Crippen LogP) is 4.93.